The van der Waals surface area contributed by atoms with Gasteiger partial charge in [-0.15, -0.1) is 11.3 Å². The molecule has 2 aromatic heterocycles. The predicted molar refractivity (Wildman–Crippen MR) is 288 cm³/mol. The highest BCUT2D eigenvalue weighted by Gasteiger charge is 2.19. The summed E-state index contributed by atoms with van der Waals surface area (Å²) in [6, 6.07) is 89.1. The maximum Gasteiger partial charge on any atom is 0.135 e. The van der Waals surface area contributed by atoms with Crippen LogP contribution in [0, 0.1) is 0 Å². The van der Waals surface area contributed by atoms with Crippen molar-refractivity contribution >= 4 is 99.2 Å². The molecular formula is C63H41N3OS. The van der Waals surface area contributed by atoms with Crippen molar-refractivity contribution in [3.05, 3.63) is 249 Å². The molecule has 0 aliphatic heterocycles. The van der Waals surface area contributed by atoms with E-state index < -0.39 is 0 Å². The number of benzene rings is 11. The Balaban J connectivity index is 0.893. The van der Waals surface area contributed by atoms with Gasteiger partial charge in [0.25, 0.3) is 0 Å². The highest BCUT2D eigenvalue weighted by atomic mass is 32.1. The first kappa shape index (κ1) is 39.6. The van der Waals surface area contributed by atoms with Gasteiger partial charge in [0.2, 0.25) is 0 Å². The largest absolute Gasteiger partial charge is 0.456 e. The Hall–Kier alpha value is -8.77. The molecule has 13 aromatic rings. The van der Waals surface area contributed by atoms with Gasteiger partial charge in [-0.1, -0.05) is 140 Å². The number of hydrogen-bond donors (Lipinski definition) is 0. The molecule has 5 heteroatoms. The lowest BCUT2D eigenvalue weighted by Crippen LogP contribution is -2.10. The molecule has 0 unspecified atom stereocenters. The summed E-state index contributed by atoms with van der Waals surface area (Å²) in [6.07, 6.45) is 0. The molecule has 13 rings (SSSR count). The third-order valence-electron chi connectivity index (χ3n) is 13.1. The summed E-state index contributed by atoms with van der Waals surface area (Å²) in [5.74, 6) is 0. The van der Waals surface area contributed by atoms with Crippen molar-refractivity contribution in [2.24, 2.45) is 0 Å². The van der Waals surface area contributed by atoms with Crippen molar-refractivity contribution in [1.29, 1.82) is 0 Å². The molecule has 11 aromatic carbocycles. The molecule has 0 spiro atoms. The minimum atomic E-state index is 0.878. The molecule has 0 aliphatic carbocycles. The van der Waals surface area contributed by atoms with E-state index in [2.05, 4.69) is 240 Å². The summed E-state index contributed by atoms with van der Waals surface area (Å²) >= 11 is 1.73. The van der Waals surface area contributed by atoms with Crippen LogP contribution in [-0.4, -0.2) is 4.98 Å². The van der Waals surface area contributed by atoms with E-state index in [0.717, 1.165) is 72.2 Å². The van der Waals surface area contributed by atoms with Crippen molar-refractivity contribution in [3.8, 4) is 32.8 Å². The maximum absolute atomic E-state index is 6.26. The van der Waals surface area contributed by atoms with Crippen LogP contribution in [0.25, 0.3) is 86.5 Å². The normalized spacial score (nSPS) is 11.5. The standard InChI is InChI=1S/C63H41N3OS/c1-3-11-42(12-4-1)44-21-27-49(28-22-44)65(50-31-25-46(26-32-50)63-64-59-16-8-10-18-62(59)68-63)52-33-36-55-47(39-52)19-20-48-40-53(34-37-56(48)55)66(51-29-23-45(24-30-51)43-13-5-2-6-14-43)54-35-38-61-58(41-54)57-15-7-9-17-60(57)67-61/h1-41H. The van der Waals surface area contributed by atoms with E-state index in [1.54, 1.807) is 11.3 Å². The summed E-state index contributed by atoms with van der Waals surface area (Å²) in [6.45, 7) is 0. The molecule has 0 bridgehead atoms. The van der Waals surface area contributed by atoms with E-state index in [9.17, 15) is 0 Å². The zero-order valence-electron chi connectivity index (χ0n) is 36.8. The van der Waals surface area contributed by atoms with E-state index in [-0.39, 0.29) is 0 Å². The van der Waals surface area contributed by atoms with Crippen molar-refractivity contribution < 1.29 is 4.42 Å². The minimum absolute atomic E-state index is 0.878. The van der Waals surface area contributed by atoms with Crippen molar-refractivity contribution in [2.45, 2.75) is 0 Å². The molecule has 0 fully saturated rings. The molecule has 0 aliphatic rings. The van der Waals surface area contributed by atoms with Crippen LogP contribution < -0.4 is 9.80 Å². The lowest BCUT2D eigenvalue weighted by molar-refractivity contribution is 0.669. The molecule has 0 atom stereocenters. The van der Waals surface area contributed by atoms with Crippen LogP contribution in [0.15, 0.2) is 253 Å². The Morgan fingerprint density at radius 3 is 1.34 bits per heavy atom. The second-order valence-electron chi connectivity index (χ2n) is 17.2. The fourth-order valence-corrected chi connectivity index (χ4v) is 10.7. The van der Waals surface area contributed by atoms with Gasteiger partial charge >= 0.3 is 0 Å². The molecule has 4 nitrogen and oxygen atoms in total. The summed E-state index contributed by atoms with van der Waals surface area (Å²) in [5, 5.41) is 7.97. The topological polar surface area (TPSA) is 32.5 Å². The van der Waals surface area contributed by atoms with Gasteiger partial charge in [-0.3, -0.25) is 0 Å². The van der Waals surface area contributed by atoms with Gasteiger partial charge in [0.05, 0.1) is 10.2 Å². The number of anilines is 6. The molecule has 2 heterocycles. The molecule has 0 saturated heterocycles. The Kier molecular flexibility index (Phi) is 9.66. The van der Waals surface area contributed by atoms with Crippen LogP contribution in [0.2, 0.25) is 0 Å². The summed E-state index contributed by atoms with van der Waals surface area (Å²) in [7, 11) is 0. The SMILES string of the molecule is c1ccc(-c2ccc(N(c3ccc(-c4nc5ccccc5s4)cc3)c3ccc4c(ccc5cc(N(c6ccc(-c7ccccc7)cc6)c6ccc7oc8ccccc8c7c6)ccc54)c3)cc2)cc1. The van der Waals surface area contributed by atoms with E-state index in [1.807, 2.05) is 18.2 Å². The Bertz CT molecular complexity index is 3920. The maximum atomic E-state index is 6.26. The van der Waals surface area contributed by atoms with E-state index in [1.165, 1.54) is 48.5 Å². The number of furan rings is 1. The number of nitrogens with zero attached hydrogens (tertiary/aromatic N) is 3. The number of fused-ring (bicyclic) bond motifs is 7. The molecule has 320 valence electrons. The van der Waals surface area contributed by atoms with Crippen LogP contribution in [-0.2, 0) is 0 Å². The Labute approximate surface area is 397 Å². The van der Waals surface area contributed by atoms with E-state index >= 15 is 0 Å². The van der Waals surface area contributed by atoms with Gasteiger partial charge in [0.1, 0.15) is 16.2 Å². The summed E-state index contributed by atoms with van der Waals surface area (Å²) in [5.41, 5.74) is 15.1. The van der Waals surface area contributed by atoms with Crippen LogP contribution in [0.1, 0.15) is 0 Å². The second kappa shape index (κ2) is 16.6. The average molecular weight is 888 g/mol. The van der Waals surface area contributed by atoms with Gasteiger partial charge in [-0.25, -0.2) is 4.98 Å². The molecule has 68 heavy (non-hydrogen) atoms. The number of para-hydroxylation sites is 2. The number of thiazole rings is 1. The highest BCUT2D eigenvalue weighted by molar-refractivity contribution is 7.21. The fourth-order valence-electron chi connectivity index (χ4n) is 9.69. The molecule has 0 saturated carbocycles. The number of hydrogen-bond acceptors (Lipinski definition) is 5. The van der Waals surface area contributed by atoms with Gasteiger partial charge in [-0.2, -0.15) is 0 Å². The zero-order chi connectivity index (χ0) is 45.0. The molecule has 0 radical (unpaired) electrons. The molecule has 0 amide bonds. The summed E-state index contributed by atoms with van der Waals surface area (Å²) < 4.78 is 7.46. The quantitative estimate of drug-likeness (QED) is 0.135. The third-order valence-corrected chi connectivity index (χ3v) is 14.2. The van der Waals surface area contributed by atoms with Crippen LogP contribution in [0.5, 0.6) is 0 Å². The molecular weight excluding hydrogens is 847 g/mol. The highest BCUT2D eigenvalue weighted by Crippen LogP contribution is 2.43. The predicted octanol–water partition coefficient (Wildman–Crippen LogP) is 18.4. The Morgan fingerprint density at radius 1 is 0.309 bits per heavy atom. The lowest BCUT2D eigenvalue weighted by atomic mass is 9.99. The first-order valence-corrected chi connectivity index (χ1v) is 23.7. The minimum Gasteiger partial charge on any atom is -0.456 e. The van der Waals surface area contributed by atoms with Gasteiger partial charge in [0, 0.05) is 50.5 Å². The van der Waals surface area contributed by atoms with E-state index in [4.69, 9.17) is 9.40 Å². The first-order chi connectivity index (χ1) is 33.7. The summed E-state index contributed by atoms with van der Waals surface area (Å²) in [4.78, 5) is 9.65. The van der Waals surface area contributed by atoms with Crippen LogP contribution in [0.3, 0.4) is 0 Å². The van der Waals surface area contributed by atoms with Gasteiger partial charge in [-0.05, 0) is 153 Å². The second-order valence-corrected chi connectivity index (χ2v) is 18.2. The monoisotopic (exact) mass is 887 g/mol. The van der Waals surface area contributed by atoms with Crippen molar-refractivity contribution in [3.63, 3.8) is 0 Å². The smallest absolute Gasteiger partial charge is 0.135 e. The lowest BCUT2D eigenvalue weighted by Gasteiger charge is -2.27. The van der Waals surface area contributed by atoms with Crippen molar-refractivity contribution in [1.82, 2.24) is 4.98 Å². The van der Waals surface area contributed by atoms with Crippen molar-refractivity contribution in [2.75, 3.05) is 9.80 Å². The third kappa shape index (κ3) is 7.14. The Morgan fingerprint density at radius 2 is 0.750 bits per heavy atom. The number of rotatable bonds is 9. The zero-order valence-corrected chi connectivity index (χ0v) is 37.6. The average Bonchev–Trinajstić information content (AvgIpc) is 4.02. The molecule has 0 N–H and O–H groups in total. The fraction of sp³-hybridized carbons (Fsp3) is 0. The number of aromatic nitrogens is 1. The van der Waals surface area contributed by atoms with Gasteiger partial charge in [0.15, 0.2) is 0 Å². The van der Waals surface area contributed by atoms with Gasteiger partial charge < -0.3 is 14.2 Å². The van der Waals surface area contributed by atoms with Crippen LogP contribution in [0.4, 0.5) is 34.1 Å². The first-order valence-electron chi connectivity index (χ1n) is 22.9. The van der Waals surface area contributed by atoms with E-state index in [0.29, 0.717) is 0 Å². The van der Waals surface area contributed by atoms with Crippen LogP contribution >= 0.6 is 11.3 Å².